The van der Waals surface area contributed by atoms with Crippen LogP contribution in [0.5, 0.6) is 0 Å². The first-order chi connectivity index (χ1) is 7.10. The molecule has 0 saturated carbocycles. The van der Waals surface area contributed by atoms with Crippen LogP contribution in [0.4, 0.5) is 8.78 Å². The second-order valence-corrected chi connectivity index (χ2v) is 2.76. The molecular formula is C8H7F2N3OS. The van der Waals surface area contributed by atoms with Crippen molar-refractivity contribution >= 4 is 23.3 Å². The highest BCUT2D eigenvalue weighted by Crippen LogP contribution is 2.18. The number of aliphatic imine (C=N–C) groups is 1. The van der Waals surface area contributed by atoms with Crippen molar-refractivity contribution in [2.24, 2.45) is 4.99 Å². The number of hydrogen-bond donors (Lipinski definition) is 0. The second-order valence-electron chi connectivity index (χ2n) is 2.58. The molecule has 1 aromatic heterocycles. The summed E-state index contributed by atoms with van der Waals surface area (Å²) in [5, 5.41) is 5.44. The molecule has 0 aliphatic rings. The number of hydrogen-bond acceptors (Lipinski definition) is 3. The van der Waals surface area contributed by atoms with Crippen molar-refractivity contribution in [1.29, 1.82) is 0 Å². The maximum absolute atomic E-state index is 12.3. The summed E-state index contributed by atoms with van der Waals surface area (Å²) in [6, 6.07) is 1.01. The van der Waals surface area contributed by atoms with Crippen molar-refractivity contribution in [2.75, 3.05) is 0 Å². The van der Waals surface area contributed by atoms with E-state index in [0.29, 0.717) is 6.54 Å². The van der Waals surface area contributed by atoms with Gasteiger partial charge >= 0.3 is 5.91 Å². The fraction of sp³-hybridized carbons (Fsp3) is 0.375. The van der Waals surface area contributed by atoms with E-state index in [4.69, 9.17) is 0 Å². The largest absolute Gasteiger partial charge is 0.304 e. The highest BCUT2D eigenvalue weighted by Gasteiger charge is 2.18. The van der Waals surface area contributed by atoms with Gasteiger partial charge in [0.15, 0.2) is 0 Å². The third-order valence-corrected chi connectivity index (χ3v) is 1.78. The number of halogens is 2. The van der Waals surface area contributed by atoms with Crippen LogP contribution in [0, 0.1) is 0 Å². The minimum absolute atomic E-state index is 0.00912. The molecule has 1 aromatic rings. The first-order valence-electron chi connectivity index (χ1n) is 4.08. The topological polar surface area (TPSA) is 47.2 Å². The Labute approximate surface area is 89.6 Å². The van der Waals surface area contributed by atoms with Crippen LogP contribution in [0.1, 0.15) is 29.5 Å². The monoisotopic (exact) mass is 231 g/mol. The van der Waals surface area contributed by atoms with Gasteiger partial charge in [-0.05, 0) is 25.2 Å². The van der Waals surface area contributed by atoms with Crippen LogP contribution in [0.3, 0.4) is 0 Å². The predicted octanol–water partition coefficient (Wildman–Crippen LogP) is 2.08. The molecule has 80 valence electrons. The number of isothiocyanates is 1. The van der Waals surface area contributed by atoms with Gasteiger partial charge in [0.25, 0.3) is 6.43 Å². The Balaban J connectivity index is 3.16. The summed E-state index contributed by atoms with van der Waals surface area (Å²) >= 11 is 4.25. The number of nitrogens with zero attached hydrogens (tertiary/aromatic N) is 3. The molecule has 0 fully saturated rings. The Hall–Kier alpha value is -1.46. The molecule has 0 aliphatic heterocycles. The third kappa shape index (κ3) is 2.51. The van der Waals surface area contributed by atoms with Crippen molar-refractivity contribution in [3.05, 3.63) is 17.5 Å². The summed E-state index contributed by atoms with van der Waals surface area (Å²) < 4.78 is 25.7. The summed E-state index contributed by atoms with van der Waals surface area (Å²) in [7, 11) is 0. The van der Waals surface area contributed by atoms with Crippen LogP contribution in [0.25, 0.3) is 0 Å². The molecule has 0 aromatic carbocycles. The van der Waals surface area contributed by atoms with Crippen molar-refractivity contribution < 1.29 is 13.6 Å². The lowest BCUT2D eigenvalue weighted by Gasteiger charge is -1.97. The maximum Gasteiger partial charge on any atom is 0.304 e. The van der Waals surface area contributed by atoms with Gasteiger partial charge in [-0.2, -0.15) is 10.1 Å². The summed E-state index contributed by atoms with van der Waals surface area (Å²) in [5.74, 6) is -0.716. The van der Waals surface area contributed by atoms with Crippen LogP contribution in [0.2, 0.25) is 0 Å². The van der Waals surface area contributed by atoms with Crippen LogP contribution < -0.4 is 0 Å². The van der Waals surface area contributed by atoms with Gasteiger partial charge in [0.05, 0.1) is 5.16 Å². The number of aryl methyl sites for hydroxylation is 1. The molecule has 4 nitrogen and oxygen atoms in total. The highest BCUT2D eigenvalue weighted by molar-refractivity contribution is 7.78. The quantitative estimate of drug-likeness (QED) is 0.591. The van der Waals surface area contributed by atoms with E-state index in [-0.39, 0.29) is 5.69 Å². The van der Waals surface area contributed by atoms with Crippen LogP contribution in [-0.4, -0.2) is 20.8 Å². The van der Waals surface area contributed by atoms with E-state index < -0.39 is 18.0 Å². The lowest BCUT2D eigenvalue weighted by atomic mass is 10.3. The number of amides is 1. The molecule has 1 rings (SSSR count). The van der Waals surface area contributed by atoms with Crippen molar-refractivity contribution in [2.45, 2.75) is 19.9 Å². The molecule has 0 aliphatic carbocycles. The van der Waals surface area contributed by atoms with Gasteiger partial charge in [-0.1, -0.05) is 0 Å². The number of alkyl halides is 2. The van der Waals surface area contributed by atoms with Crippen molar-refractivity contribution in [3.8, 4) is 0 Å². The zero-order valence-electron chi connectivity index (χ0n) is 7.78. The smallest absolute Gasteiger partial charge is 0.264 e. The molecule has 0 saturated heterocycles. The van der Waals surface area contributed by atoms with Gasteiger partial charge < -0.3 is 0 Å². The minimum Gasteiger partial charge on any atom is -0.264 e. The number of rotatable bonds is 3. The lowest BCUT2D eigenvalue weighted by Crippen LogP contribution is -2.07. The SMILES string of the molecule is CCn1nc(C(F)F)cc1C(=O)N=C=S. The van der Waals surface area contributed by atoms with E-state index in [1.165, 1.54) is 0 Å². The zero-order chi connectivity index (χ0) is 11.4. The summed E-state index contributed by atoms with van der Waals surface area (Å²) in [4.78, 5) is 14.5. The van der Waals surface area contributed by atoms with Gasteiger partial charge in [0.1, 0.15) is 11.4 Å². The average Bonchev–Trinajstić information content (AvgIpc) is 2.61. The maximum atomic E-state index is 12.3. The lowest BCUT2D eigenvalue weighted by molar-refractivity contribution is 0.0993. The molecule has 7 heteroatoms. The fourth-order valence-electron chi connectivity index (χ4n) is 1.06. The normalized spacial score (nSPS) is 10.1. The van der Waals surface area contributed by atoms with Crippen molar-refractivity contribution in [3.63, 3.8) is 0 Å². The van der Waals surface area contributed by atoms with Gasteiger partial charge in [-0.3, -0.25) is 9.48 Å². The highest BCUT2D eigenvalue weighted by atomic mass is 32.1. The number of carbonyl (C=O) groups excluding carboxylic acids is 1. The number of thiocarbonyl (C=S) groups is 1. The molecule has 0 bridgehead atoms. The van der Waals surface area contributed by atoms with Gasteiger partial charge in [-0.15, -0.1) is 0 Å². The van der Waals surface area contributed by atoms with E-state index in [1.807, 2.05) is 5.16 Å². The van der Waals surface area contributed by atoms with Crippen molar-refractivity contribution in [1.82, 2.24) is 9.78 Å². The van der Waals surface area contributed by atoms with Crippen LogP contribution >= 0.6 is 12.2 Å². The van der Waals surface area contributed by atoms with Crippen LogP contribution in [-0.2, 0) is 6.54 Å². The molecule has 0 unspecified atom stereocenters. The Morgan fingerprint density at radius 2 is 2.47 bits per heavy atom. The third-order valence-electron chi connectivity index (χ3n) is 1.69. The van der Waals surface area contributed by atoms with Gasteiger partial charge in [0.2, 0.25) is 0 Å². The van der Waals surface area contributed by atoms with E-state index in [0.717, 1.165) is 10.7 Å². The standard InChI is InChI=1S/C8H7F2N3OS/c1-2-13-6(8(14)11-4-15)3-5(12-13)7(9)10/h3,7H,2H2,1H3. The number of aromatic nitrogens is 2. The Morgan fingerprint density at radius 1 is 1.80 bits per heavy atom. The molecule has 0 atom stereocenters. The molecule has 0 N–H and O–H groups in total. The number of carbonyl (C=O) groups is 1. The Bertz CT molecular complexity index is 424. The van der Waals surface area contributed by atoms with Crippen LogP contribution in [0.15, 0.2) is 11.1 Å². The van der Waals surface area contributed by atoms with Gasteiger partial charge in [0, 0.05) is 6.54 Å². The zero-order valence-corrected chi connectivity index (χ0v) is 8.59. The molecule has 15 heavy (non-hydrogen) atoms. The molecule has 1 amide bonds. The first-order valence-corrected chi connectivity index (χ1v) is 4.49. The predicted molar refractivity (Wildman–Crippen MR) is 52.2 cm³/mol. The van der Waals surface area contributed by atoms with E-state index in [1.54, 1.807) is 6.92 Å². The molecule has 1 heterocycles. The summed E-state index contributed by atoms with van der Waals surface area (Å²) in [6.45, 7) is 1.99. The minimum atomic E-state index is -2.71. The van der Waals surface area contributed by atoms with E-state index >= 15 is 0 Å². The summed E-state index contributed by atoms with van der Waals surface area (Å²) in [5.41, 5.74) is -0.454. The van der Waals surface area contributed by atoms with Gasteiger partial charge in [-0.25, -0.2) is 8.78 Å². The average molecular weight is 231 g/mol. The fourth-order valence-corrected chi connectivity index (χ4v) is 1.14. The Morgan fingerprint density at radius 3 is 2.93 bits per heavy atom. The molecule has 0 spiro atoms. The molecular weight excluding hydrogens is 224 g/mol. The Kier molecular flexibility index (Phi) is 3.76. The van der Waals surface area contributed by atoms with E-state index in [9.17, 15) is 13.6 Å². The molecule has 0 radical (unpaired) electrons. The van der Waals surface area contributed by atoms with E-state index in [2.05, 4.69) is 22.3 Å². The summed E-state index contributed by atoms with van der Waals surface area (Å²) in [6.07, 6.45) is -2.71. The first kappa shape index (κ1) is 11.6. The second kappa shape index (κ2) is 4.86.